The van der Waals surface area contributed by atoms with Gasteiger partial charge in [-0.1, -0.05) is 46.9 Å². The highest BCUT2D eigenvalue weighted by Gasteiger charge is 2.13. The Morgan fingerprint density at radius 2 is 1.44 bits per heavy atom. The van der Waals surface area contributed by atoms with E-state index in [1.165, 1.54) is 0 Å². The molecule has 9 heteroatoms. The number of halogens is 4. The zero-order valence-corrected chi connectivity index (χ0v) is 22.2. The summed E-state index contributed by atoms with van der Waals surface area (Å²) in [6.07, 6.45) is 0.842. The summed E-state index contributed by atoms with van der Waals surface area (Å²) >= 11 is 18.7. The summed E-state index contributed by atoms with van der Waals surface area (Å²) in [5.74, 6) is 2.47. The molecule has 0 spiro atoms. The minimum absolute atomic E-state index is 0. The summed E-state index contributed by atoms with van der Waals surface area (Å²) in [7, 11) is 4.85. The maximum atomic E-state index is 6.50. The molecule has 34 heavy (non-hydrogen) atoms. The van der Waals surface area contributed by atoms with Crippen molar-refractivity contribution < 1.29 is 18.9 Å². The topological polar surface area (TPSA) is 49.0 Å². The molecule has 0 heterocycles. The smallest absolute Gasteiger partial charge is 0.180 e. The van der Waals surface area contributed by atoms with Crippen LogP contribution in [0.4, 0.5) is 0 Å². The van der Waals surface area contributed by atoms with Crippen LogP contribution in [0.3, 0.4) is 0 Å². The predicted molar refractivity (Wildman–Crippen MR) is 141 cm³/mol. The van der Waals surface area contributed by atoms with Crippen LogP contribution in [-0.4, -0.2) is 27.9 Å². The molecule has 0 radical (unpaired) electrons. The molecule has 3 aromatic rings. The van der Waals surface area contributed by atoms with E-state index < -0.39 is 0 Å². The van der Waals surface area contributed by atoms with Crippen molar-refractivity contribution in [1.82, 2.24) is 5.32 Å². The van der Waals surface area contributed by atoms with E-state index in [9.17, 15) is 0 Å². The fourth-order valence-electron chi connectivity index (χ4n) is 3.31. The summed E-state index contributed by atoms with van der Waals surface area (Å²) in [6.45, 7) is 1.66. The monoisotopic (exact) mass is 545 g/mol. The number of benzene rings is 3. The van der Waals surface area contributed by atoms with Crippen molar-refractivity contribution >= 4 is 47.2 Å². The number of nitrogens with one attached hydrogen (secondary N) is 1. The maximum absolute atomic E-state index is 6.50. The third-order valence-corrected chi connectivity index (χ3v) is 5.91. The van der Waals surface area contributed by atoms with Gasteiger partial charge in [0.1, 0.15) is 6.61 Å². The van der Waals surface area contributed by atoms with Gasteiger partial charge in [-0.25, -0.2) is 0 Å². The Kier molecular flexibility index (Phi) is 11.4. The van der Waals surface area contributed by atoms with E-state index in [2.05, 4.69) is 5.32 Å². The molecule has 0 amide bonds. The summed E-state index contributed by atoms with van der Waals surface area (Å²) in [5.41, 5.74) is 2.95. The van der Waals surface area contributed by atoms with Gasteiger partial charge in [0.05, 0.1) is 26.4 Å². The second-order valence-corrected chi connectivity index (χ2v) is 8.50. The molecule has 0 fully saturated rings. The molecule has 5 nitrogen and oxygen atoms in total. The molecule has 0 aliphatic rings. The van der Waals surface area contributed by atoms with Crippen molar-refractivity contribution in [2.45, 2.75) is 19.6 Å². The molecule has 0 bridgehead atoms. The molecule has 0 saturated carbocycles. The first-order chi connectivity index (χ1) is 15.9. The number of rotatable bonds is 11. The van der Waals surface area contributed by atoms with Crippen LogP contribution in [0, 0.1) is 0 Å². The highest BCUT2D eigenvalue weighted by Crippen LogP contribution is 2.37. The van der Waals surface area contributed by atoms with Gasteiger partial charge in [0.25, 0.3) is 0 Å². The zero-order valence-electron chi connectivity index (χ0n) is 19.1. The maximum Gasteiger partial charge on any atom is 0.180 e. The molecule has 184 valence electrons. The Balaban J connectivity index is 0.00000408. The lowest BCUT2D eigenvalue weighted by atomic mass is 10.1. The molecule has 0 aromatic heterocycles. The van der Waals surface area contributed by atoms with Crippen LogP contribution < -0.4 is 24.3 Å². The highest BCUT2D eigenvalue weighted by atomic mass is 35.5. The van der Waals surface area contributed by atoms with E-state index in [1.54, 1.807) is 33.5 Å². The lowest BCUT2D eigenvalue weighted by molar-refractivity contribution is 0.284. The fourth-order valence-corrected chi connectivity index (χ4v) is 4.06. The van der Waals surface area contributed by atoms with E-state index in [-0.39, 0.29) is 19.0 Å². The highest BCUT2D eigenvalue weighted by molar-refractivity contribution is 6.35. The summed E-state index contributed by atoms with van der Waals surface area (Å²) in [5, 5.41) is 5.00. The molecule has 0 saturated heterocycles. The molecule has 0 aliphatic heterocycles. The van der Waals surface area contributed by atoms with Gasteiger partial charge < -0.3 is 24.3 Å². The third kappa shape index (κ3) is 7.49. The van der Waals surface area contributed by atoms with Gasteiger partial charge in [0.2, 0.25) is 0 Å². The zero-order chi connectivity index (χ0) is 23.8. The van der Waals surface area contributed by atoms with Crippen LogP contribution in [0.5, 0.6) is 23.0 Å². The minimum Gasteiger partial charge on any atom is -0.493 e. The van der Waals surface area contributed by atoms with Crippen LogP contribution in [0.2, 0.25) is 15.1 Å². The van der Waals surface area contributed by atoms with Crippen LogP contribution in [0.25, 0.3) is 0 Å². The van der Waals surface area contributed by atoms with Gasteiger partial charge in [-0.2, -0.15) is 0 Å². The molecule has 0 aliphatic carbocycles. The van der Waals surface area contributed by atoms with Crippen LogP contribution in [0.1, 0.15) is 16.7 Å². The molecule has 3 aromatic carbocycles. The lowest BCUT2D eigenvalue weighted by Crippen LogP contribution is -2.17. The molecule has 0 atom stereocenters. The van der Waals surface area contributed by atoms with Crippen molar-refractivity contribution in [3.63, 3.8) is 0 Å². The van der Waals surface area contributed by atoms with Gasteiger partial charge in [-0.15, -0.1) is 12.4 Å². The number of methoxy groups -OCH3 is 3. The number of hydrogen-bond acceptors (Lipinski definition) is 5. The van der Waals surface area contributed by atoms with E-state index in [0.29, 0.717) is 33.1 Å². The molecular weight excluding hydrogens is 520 g/mol. The molecule has 0 unspecified atom stereocenters. The minimum atomic E-state index is 0. The van der Waals surface area contributed by atoms with E-state index in [1.807, 2.05) is 36.4 Å². The Morgan fingerprint density at radius 1 is 0.735 bits per heavy atom. The van der Waals surface area contributed by atoms with Gasteiger partial charge in [-0.05, 0) is 60.5 Å². The first kappa shape index (κ1) is 28.2. The summed E-state index contributed by atoms with van der Waals surface area (Å²) < 4.78 is 22.1. The number of ether oxygens (including phenoxy) is 4. The second-order valence-electron chi connectivity index (χ2n) is 7.25. The first-order valence-corrected chi connectivity index (χ1v) is 11.4. The van der Waals surface area contributed by atoms with Crippen LogP contribution >= 0.6 is 47.2 Å². The quantitative estimate of drug-likeness (QED) is 0.262. The summed E-state index contributed by atoms with van der Waals surface area (Å²) in [4.78, 5) is 0. The second kappa shape index (κ2) is 13.8. The normalized spacial score (nSPS) is 10.4. The molecule has 3 rings (SSSR count). The predicted octanol–water partition coefficient (Wildman–Crippen LogP) is 7.01. The van der Waals surface area contributed by atoms with Crippen molar-refractivity contribution in [2.75, 3.05) is 27.9 Å². The Labute approximate surface area is 221 Å². The Morgan fingerprint density at radius 3 is 2.12 bits per heavy atom. The van der Waals surface area contributed by atoms with Gasteiger partial charge in [0.15, 0.2) is 23.0 Å². The van der Waals surface area contributed by atoms with Crippen molar-refractivity contribution in [3.05, 3.63) is 80.3 Å². The SMILES string of the molecule is COc1ccc(CCNCc2cc(Cl)c(OCc3ccc(Cl)cc3Cl)c(OC)c2)cc1OC.Cl. The van der Waals surface area contributed by atoms with Crippen LogP contribution in [0.15, 0.2) is 48.5 Å². The summed E-state index contributed by atoms with van der Waals surface area (Å²) in [6, 6.07) is 15.0. The van der Waals surface area contributed by atoms with Crippen LogP contribution in [-0.2, 0) is 19.6 Å². The Bertz CT molecular complexity index is 1090. The van der Waals surface area contributed by atoms with Crippen molar-refractivity contribution in [2.24, 2.45) is 0 Å². The lowest BCUT2D eigenvalue weighted by Gasteiger charge is -2.15. The molecule has 1 N–H and O–H groups in total. The first-order valence-electron chi connectivity index (χ1n) is 10.3. The Hall–Kier alpha value is -2.02. The fraction of sp³-hybridized carbons (Fsp3) is 0.280. The number of hydrogen-bond donors (Lipinski definition) is 1. The van der Waals surface area contributed by atoms with Gasteiger partial charge in [0, 0.05) is 22.2 Å². The van der Waals surface area contributed by atoms with Crippen molar-refractivity contribution in [3.8, 4) is 23.0 Å². The molecular formula is C25H27Cl4NO4. The average Bonchev–Trinajstić information content (AvgIpc) is 2.81. The van der Waals surface area contributed by atoms with Gasteiger partial charge >= 0.3 is 0 Å². The van der Waals surface area contributed by atoms with Gasteiger partial charge in [-0.3, -0.25) is 0 Å². The third-order valence-electron chi connectivity index (χ3n) is 5.04. The average molecular weight is 547 g/mol. The van der Waals surface area contributed by atoms with E-state index in [4.69, 9.17) is 53.8 Å². The van der Waals surface area contributed by atoms with E-state index >= 15 is 0 Å². The van der Waals surface area contributed by atoms with E-state index in [0.717, 1.165) is 41.2 Å². The standard InChI is InChI=1S/C25H26Cl3NO4.ClH/c1-30-22-7-4-16(11-23(22)31-2)8-9-29-14-17-10-21(28)25(24(12-17)32-3)33-15-18-5-6-19(26)13-20(18)27;/h4-7,10-13,29H,8-9,14-15H2,1-3H3;1H. The van der Waals surface area contributed by atoms with Crippen molar-refractivity contribution in [1.29, 1.82) is 0 Å². The largest absolute Gasteiger partial charge is 0.493 e.